The zero-order valence-corrected chi connectivity index (χ0v) is 19.9. The molecule has 8 heteroatoms. The highest BCUT2D eigenvalue weighted by molar-refractivity contribution is 8.24. The van der Waals surface area contributed by atoms with Gasteiger partial charge in [0.15, 0.2) is 0 Å². The van der Waals surface area contributed by atoms with Crippen molar-refractivity contribution in [1.29, 1.82) is 0 Å². The predicted molar refractivity (Wildman–Crippen MR) is 136 cm³/mol. The van der Waals surface area contributed by atoms with E-state index in [1.807, 2.05) is 66.7 Å². The summed E-state index contributed by atoms with van der Waals surface area (Å²) in [4.78, 5) is 18.9. The van der Waals surface area contributed by atoms with Gasteiger partial charge in [-0.05, 0) is 29.3 Å². The molecule has 1 saturated heterocycles. The number of nitrogens with zero attached hydrogens (tertiary/aromatic N) is 2. The van der Waals surface area contributed by atoms with Crippen molar-refractivity contribution >= 4 is 16.5 Å². The van der Waals surface area contributed by atoms with Gasteiger partial charge in [0.25, 0.3) is 0 Å². The molecule has 1 aromatic heterocycles. The smallest absolute Gasteiger partial charge is 0.226 e. The van der Waals surface area contributed by atoms with Gasteiger partial charge in [-0.3, -0.25) is 23.8 Å². The minimum atomic E-state index is -2.35. The molecule has 1 aliphatic rings. The lowest BCUT2D eigenvalue weighted by atomic mass is 10.1. The zero-order chi connectivity index (χ0) is 23.8. The SMILES string of the molecule is O=C(Cc1ccc(-c2ccc(OCCN3CCS(O)(O)CC3)cc2)cn1)NCc1ccccc1. The molecule has 0 spiro atoms. The second kappa shape index (κ2) is 11.5. The summed E-state index contributed by atoms with van der Waals surface area (Å²) >= 11 is 0. The summed E-state index contributed by atoms with van der Waals surface area (Å²) in [7, 11) is -2.35. The summed E-state index contributed by atoms with van der Waals surface area (Å²) in [6.45, 7) is 3.23. The summed E-state index contributed by atoms with van der Waals surface area (Å²) in [6.07, 6.45) is 2.03. The van der Waals surface area contributed by atoms with Gasteiger partial charge in [-0.2, -0.15) is 10.6 Å². The maximum atomic E-state index is 12.2. The first-order chi connectivity index (χ1) is 16.5. The molecule has 4 rings (SSSR count). The molecule has 0 radical (unpaired) electrons. The van der Waals surface area contributed by atoms with E-state index in [-0.39, 0.29) is 12.3 Å². The largest absolute Gasteiger partial charge is 0.492 e. The van der Waals surface area contributed by atoms with Crippen LogP contribution in [0.3, 0.4) is 0 Å². The molecule has 0 unspecified atom stereocenters. The van der Waals surface area contributed by atoms with Gasteiger partial charge in [0.05, 0.1) is 17.9 Å². The van der Waals surface area contributed by atoms with Crippen LogP contribution in [0.1, 0.15) is 11.3 Å². The number of hydrogen-bond acceptors (Lipinski definition) is 6. The van der Waals surface area contributed by atoms with Crippen LogP contribution in [0.2, 0.25) is 0 Å². The van der Waals surface area contributed by atoms with Crippen LogP contribution in [0.15, 0.2) is 72.9 Å². The highest BCUT2D eigenvalue weighted by Crippen LogP contribution is 2.40. The van der Waals surface area contributed by atoms with Crippen molar-refractivity contribution in [2.24, 2.45) is 0 Å². The molecule has 1 fully saturated rings. The Hall–Kier alpha value is -2.91. The molecule has 1 aliphatic heterocycles. The van der Waals surface area contributed by atoms with Crippen LogP contribution in [0, 0.1) is 0 Å². The Kier molecular flexibility index (Phi) is 8.18. The van der Waals surface area contributed by atoms with Crippen LogP contribution < -0.4 is 10.1 Å². The molecule has 3 N–H and O–H groups in total. The number of rotatable bonds is 9. The summed E-state index contributed by atoms with van der Waals surface area (Å²) in [5.41, 5.74) is 3.81. The molecular formula is C26H31N3O4S. The normalized spacial score (nSPS) is 16.5. The molecule has 3 aromatic rings. The Morgan fingerprint density at radius 3 is 2.35 bits per heavy atom. The molecule has 0 aliphatic carbocycles. The quantitative estimate of drug-likeness (QED) is 0.427. The highest BCUT2D eigenvalue weighted by Gasteiger charge is 2.21. The monoisotopic (exact) mass is 481 g/mol. The van der Waals surface area contributed by atoms with Gasteiger partial charge in [0.1, 0.15) is 12.4 Å². The Bertz CT molecular complexity index is 1050. The Labute approximate surface area is 202 Å². The number of amides is 1. The van der Waals surface area contributed by atoms with Crippen LogP contribution in [0.25, 0.3) is 11.1 Å². The van der Waals surface area contributed by atoms with Crippen molar-refractivity contribution in [2.45, 2.75) is 13.0 Å². The lowest BCUT2D eigenvalue weighted by Gasteiger charge is -2.40. The topological polar surface area (TPSA) is 94.9 Å². The second-order valence-electron chi connectivity index (χ2n) is 8.40. The lowest BCUT2D eigenvalue weighted by molar-refractivity contribution is -0.120. The van der Waals surface area contributed by atoms with Crippen molar-refractivity contribution in [3.05, 3.63) is 84.2 Å². The van der Waals surface area contributed by atoms with Crippen LogP contribution in [0.4, 0.5) is 0 Å². The molecule has 1 amide bonds. The number of carbonyl (C=O) groups is 1. The summed E-state index contributed by atoms with van der Waals surface area (Å²) in [5, 5.41) is 2.92. The van der Waals surface area contributed by atoms with Crippen LogP contribution in [0.5, 0.6) is 5.75 Å². The molecule has 2 aromatic carbocycles. The average Bonchev–Trinajstić information content (AvgIpc) is 2.85. The number of aromatic nitrogens is 1. The average molecular weight is 482 g/mol. The zero-order valence-electron chi connectivity index (χ0n) is 19.1. The standard InChI is InChI=1S/C26H31N3O4S/c30-26(28-19-21-4-2-1-3-5-21)18-24-9-6-23(20-27-24)22-7-10-25(11-8-22)33-15-12-29-13-16-34(31,32)17-14-29/h1-11,20,31-32H,12-19H2,(H,28,30). The molecule has 0 bridgehead atoms. The first-order valence-corrected chi connectivity index (χ1v) is 13.3. The summed E-state index contributed by atoms with van der Waals surface area (Å²) in [6, 6.07) is 21.6. The van der Waals surface area contributed by atoms with Gasteiger partial charge in [0, 0.05) is 43.6 Å². The van der Waals surface area contributed by atoms with E-state index in [0.717, 1.165) is 34.7 Å². The fourth-order valence-corrected chi connectivity index (χ4v) is 5.05. The maximum Gasteiger partial charge on any atom is 0.226 e. The molecule has 7 nitrogen and oxygen atoms in total. The molecular weight excluding hydrogens is 450 g/mol. The van der Waals surface area contributed by atoms with Crippen molar-refractivity contribution in [2.75, 3.05) is 37.7 Å². The van der Waals surface area contributed by atoms with Gasteiger partial charge < -0.3 is 10.1 Å². The maximum absolute atomic E-state index is 12.2. The minimum Gasteiger partial charge on any atom is -0.492 e. The van der Waals surface area contributed by atoms with Crippen molar-refractivity contribution < 1.29 is 18.6 Å². The fourth-order valence-electron chi connectivity index (χ4n) is 3.75. The number of hydrogen-bond donors (Lipinski definition) is 3. The van der Waals surface area contributed by atoms with E-state index in [1.165, 1.54) is 0 Å². The van der Waals surface area contributed by atoms with E-state index >= 15 is 0 Å². The van der Waals surface area contributed by atoms with E-state index in [2.05, 4.69) is 15.2 Å². The molecule has 180 valence electrons. The molecule has 2 heterocycles. The van der Waals surface area contributed by atoms with Gasteiger partial charge in [-0.15, -0.1) is 0 Å². The summed E-state index contributed by atoms with van der Waals surface area (Å²) in [5.74, 6) is 1.65. The van der Waals surface area contributed by atoms with Gasteiger partial charge in [-0.25, -0.2) is 0 Å². The first-order valence-electron chi connectivity index (χ1n) is 11.4. The Balaban J connectivity index is 1.21. The molecule has 0 saturated carbocycles. The van der Waals surface area contributed by atoms with Gasteiger partial charge >= 0.3 is 0 Å². The molecule has 34 heavy (non-hydrogen) atoms. The van der Waals surface area contributed by atoms with Crippen LogP contribution >= 0.6 is 10.6 Å². The second-order valence-corrected chi connectivity index (χ2v) is 10.8. The number of carbonyl (C=O) groups excluding carboxylic acids is 1. The highest BCUT2D eigenvalue weighted by atomic mass is 32.3. The van der Waals surface area contributed by atoms with Gasteiger partial charge in [-0.1, -0.05) is 48.5 Å². The Morgan fingerprint density at radius 1 is 0.971 bits per heavy atom. The van der Waals surface area contributed by atoms with E-state index in [4.69, 9.17) is 4.74 Å². The lowest BCUT2D eigenvalue weighted by Crippen LogP contribution is -2.40. The van der Waals surface area contributed by atoms with Gasteiger partial charge in [0.2, 0.25) is 5.91 Å². The van der Waals surface area contributed by atoms with Crippen LogP contribution in [-0.4, -0.2) is 62.6 Å². The van der Waals surface area contributed by atoms with Crippen LogP contribution in [-0.2, 0) is 17.8 Å². The third-order valence-electron chi connectivity index (χ3n) is 5.83. The van der Waals surface area contributed by atoms with Crippen molar-refractivity contribution in [1.82, 2.24) is 15.2 Å². The van der Waals surface area contributed by atoms with E-state index in [9.17, 15) is 13.9 Å². The number of benzene rings is 2. The molecule has 0 atom stereocenters. The third kappa shape index (κ3) is 7.30. The first kappa shape index (κ1) is 24.2. The van der Waals surface area contributed by atoms with E-state index < -0.39 is 10.6 Å². The fraction of sp³-hybridized carbons (Fsp3) is 0.308. The van der Waals surface area contributed by atoms with Crippen molar-refractivity contribution in [3.8, 4) is 16.9 Å². The number of pyridine rings is 1. The third-order valence-corrected chi connectivity index (χ3v) is 7.50. The number of nitrogens with one attached hydrogen (secondary N) is 1. The Morgan fingerprint density at radius 2 is 1.68 bits per heavy atom. The minimum absolute atomic E-state index is 0.0524. The number of ether oxygens (including phenoxy) is 1. The predicted octanol–water partition coefficient (Wildman–Crippen LogP) is 4.05. The van der Waals surface area contributed by atoms with E-state index in [0.29, 0.717) is 37.7 Å². The van der Waals surface area contributed by atoms with E-state index in [1.54, 1.807) is 6.20 Å². The van der Waals surface area contributed by atoms with Crippen molar-refractivity contribution in [3.63, 3.8) is 0 Å². The summed E-state index contributed by atoms with van der Waals surface area (Å²) < 4.78 is 25.2.